The van der Waals surface area contributed by atoms with Gasteiger partial charge < -0.3 is 20.1 Å². The summed E-state index contributed by atoms with van der Waals surface area (Å²) < 4.78 is 2.39. The topological polar surface area (TPSA) is 74.5 Å². The molecule has 2 aliphatic carbocycles. The highest BCUT2D eigenvalue weighted by Crippen LogP contribution is 2.49. The van der Waals surface area contributed by atoms with Crippen molar-refractivity contribution in [1.82, 2.24) is 9.88 Å². The fraction of sp³-hybridized carbons (Fsp3) is 0.320. The summed E-state index contributed by atoms with van der Waals surface area (Å²) in [4.78, 5) is 12.9. The number of aliphatic hydroxyl groups excluding tert-OH is 2. The van der Waals surface area contributed by atoms with Gasteiger partial charge in [-0.2, -0.15) is 0 Å². The fourth-order valence-corrected chi connectivity index (χ4v) is 5.69. The molecular weight excluding hydrogens is 376 g/mol. The normalized spacial score (nSPS) is 16.2. The van der Waals surface area contributed by atoms with Crippen LogP contribution in [0.25, 0.3) is 28.1 Å². The van der Waals surface area contributed by atoms with Crippen LogP contribution in [0.3, 0.4) is 0 Å². The van der Waals surface area contributed by atoms with E-state index in [0.29, 0.717) is 13.0 Å². The first-order chi connectivity index (χ1) is 14.7. The molecule has 1 amide bonds. The highest BCUT2D eigenvalue weighted by Gasteiger charge is 2.36. The standard InChI is InChI=1S/C25H24N2O3/c28-9-3-8-27-20-7-6-14(13-29)10-17(20)22-19-12-26-25(30)23(19)21-16-5-2-1-4-15(16)11-18(21)24(22)27/h1-2,4-5,10,28-29H,3,6-9,11-13H2,(H,26,30). The zero-order valence-corrected chi connectivity index (χ0v) is 16.8. The zero-order valence-electron chi connectivity index (χ0n) is 16.8. The van der Waals surface area contributed by atoms with E-state index < -0.39 is 0 Å². The summed E-state index contributed by atoms with van der Waals surface area (Å²) in [6, 6.07) is 8.40. The minimum Gasteiger partial charge on any atom is -0.396 e. The second-order valence-electron chi connectivity index (χ2n) is 8.50. The Balaban J connectivity index is 1.77. The Morgan fingerprint density at radius 1 is 1.07 bits per heavy atom. The minimum atomic E-state index is 0.0129. The molecule has 30 heavy (non-hydrogen) atoms. The van der Waals surface area contributed by atoms with Gasteiger partial charge in [-0.15, -0.1) is 0 Å². The summed E-state index contributed by atoms with van der Waals surface area (Å²) in [6.07, 6.45) is 5.37. The van der Waals surface area contributed by atoms with Gasteiger partial charge in [0.2, 0.25) is 0 Å². The number of hydrogen-bond acceptors (Lipinski definition) is 3. The molecule has 0 atom stereocenters. The minimum absolute atomic E-state index is 0.0129. The lowest BCUT2D eigenvalue weighted by Crippen LogP contribution is -2.13. The van der Waals surface area contributed by atoms with Gasteiger partial charge in [-0.1, -0.05) is 30.3 Å². The number of nitrogens with one attached hydrogen (secondary N) is 1. The monoisotopic (exact) mass is 400 g/mol. The summed E-state index contributed by atoms with van der Waals surface area (Å²) in [5.41, 5.74) is 11.3. The van der Waals surface area contributed by atoms with E-state index in [1.807, 2.05) is 6.07 Å². The lowest BCUT2D eigenvalue weighted by Gasteiger charge is -2.16. The molecule has 1 aliphatic heterocycles. The molecule has 0 bridgehead atoms. The van der Waals surface area contributed by atoms with Gasteiger partial charge in [0.1, 0.15) is 0 Å². The fourth-order valence-electron chi connectivity index (χ4n) is 5.69. The molecule has 5 nitrogen and oxygen atoms in total. The molecule has 0 saturated heterocycles. The van der Waals surface area contributed by atoms with E-state index in [2.05, 4.69) is 34.2 Å². The molecule has 5 heteroatoms. The Morgan fingerprint density at radius 2 is 1.93 bits per heavy atom. The second kappa shape index (κ2) is 6.56. The van der Waals surface area contributed by atoms with Gasteiger partial charge in [0.25, 0.3) is 5.91 Å². The van der Waals surface area contributed by atoms with E-state index in [-0.39, 0.29) is 19.1 Å². The quantitative estimate of drug-likeness (QED) is 0.493. The van der Waals surface area contributed by atoms with Crippen molar-refractivity contribution in [3.8, 4) is 11.1 Å². The average Bonchev–Trinajstić information content (AvgIpc) is 3.43. The SMILES string of the molecule is O=C1NCc2c1c1c(c3c2c2c(n3CCCO)CCC(CO)=C2)Cc2ccccc2-1. The Labute approximate surface area is 174 Å². The Kier molecular flexibility index (Phi) is 3.92. The van der Waals surface area contributed by atoms with Gasteiger partial charge in [-0.05, 0) is 47.1 Å². The molecule has 0 fully saturated rings. The Bertz CT molecular complexity index is 1270. The van der Waals surface area contributed by atoms with Crippen molar-refractivity contribution in [2.45, 2.75) is 38.8 Å². The highest BCUT2D eigenvalue weighted by molar-refractivity contribution is 6.15. The second-order valence-corrected chi connectivity index (χ2v) is 8.50. The maximum absolute atomic E-state index is 12.9. The predicted octanol–water partition coefficient (Wildman–Crippen LogP) is 3.16. The number of aryl methyl sites for hydroxylation is 1. The largest absolute Gasteiger partial charge is 0.396 e. The number of aromatic nitrogens is 1. The Hall–Kier alpha value is -2.89. The maximum atomic E-state index is 12.9. The molecule has 152 valence electrons. The number of carbonyl (C=O) groups excluding carboxylic acids is 1. The number of amides is 1. The van der Waals surface area contributed by atoms with Crippen LogP contribution >= 0.6 is 0 Å². The average molecular weight is 400 g/mol. The van der Waals surface area contributed by atoms with E-state index in [0.717, 1.165) is 59.0 Å². The maximum Gasteiger partial charge on any atom is 0.252 e. The van der Waals surface area contributed by atoms with E-state index >= 15 is 0 Å². The van der Waals surface area contributed by atoms with Crippen molar-refractivity contribution in [1.29, 1.82) is 0 Å². The first kappa shape index (κ1) is 17.9. The molecule has 0 saturated carbocycles. The summed E-state index contributed by atoms with van der Waals surface area (Å²) in [7, 11) is 0. The van der Waals surface area contributed by atoms with Gasteiger partial charge in [0.15, 0.2) is 0 Å². The smallest absolute Gasteiger partial charge is 0.252 e. The summed E-state index contributed by atoms with van der Waals surface area (Å²) in [5.74, 6) is 0.0129. The number of carbonyl (C=O) groups is 1. The third kappa shape index (κ3) is 2.27. The number of aliphatic hydroxyl groups is 2. The third-order valence-electron chi connectivity index (χ3n) is 6.93. The molecule has 6 rings (SSSR count). The van der Waals surface area contributed by atoms with Gasteiger partial charge in [0.05, 0.1) is 17.7 Å². The molecule has 2 aromatic carbocycles. The van der Waals surface area contributed by atoms with E-state index in [9.17, 15) is 15.0 Å². The van der Waals surface area contributed by atoms with Crippen LogP contribution < -0.4 is 5.32 Å². The number of fused-ring (bicyclic) bond motifs is 10. The van der Waals surface area contributed by atoms with Crippen LogP contribution in [-0.2, 0) is 25.9 Å². The van der Waals surface area contributed by atoms with Crippen LogP contribution in [0, 0.1) is 0 Å². The van der Waals surface area contributed by atoms with Gasteiger partial charge in [-0.25, -0.2) is 0 Å². The number of hydrogen-bond donors (Lipinski definition) is 3. The van der Waals surface area contributed by atoms with Crippen molar-refractivity contribution in [3.63, 3.8) is 0 Å². The molecule has 3 aromatic rings. The molecule has 3 N–H and O–H groups in total. The van der Waals surface area contributed by atoms with Crippen LogP contribution in [0.15, 0.2) is 29.8 Å². The van der Waals surface area contributed by atoms with Crippen LogP contribution in [0.1, 0.15) is 51.1 Å². The lowest BCUT2D eigenvalue weighted by atomic mass is 9.89. The van der Waals surface area contributed by atoms with Crippen molar-refractivity contribution in [3.05, 3.63) is 63.3 Å². The van der Waals surface area contributed by atoms with Crippen molar-refractivity contribution >= 4 is 22.9 Å². The van der Waals surface area contributed by atoms with Crippen molar-refractivity contribution < 1.29 is 15.0 Å². The van der Waals surface area contributed by atoms with Crippen LogP contribution in [-0.4, -0.2) is 33.9 Å². The van der Waals surface area contributed by atoms with Crippen LogP contribution in [0.5, 0.6) is 0 Å². The van der Waals surface area contributed by atoms with Gasteiger partial charge in [0, 0.05) is 48.3 Å². The summed E-state index contributed by atoms with van der Waals surface area (Å²) >= 11 is 0. The number of benzene rings is 2. The van der Waals surface area contributed by atoms with Crippen molar-refractivity contribution in [2.24, 2.45) is 0 Å². The molecule has 3 aliphatic rings. The third-order valence-corrected chi connectivity index (χ3v) is 6.93. The van der Waals surface area contributed by atoms with Gasteiger partial charge >= 0.3 is 0 Å². The van der Waals surface area contributed by atoms with Crippen LogP contribution in [0.4, 0.5) is 0 Å². The number of rotatable bonds is 4. The highest BCUT2D eigenvalue weighted by atomic mass is 16.3. The van der Waals surface area contributed by atoms with Gasteiger partial charge in [-0.3, -0.25) is 4.79 Å². The molecule has 1 aromatic heterocycles. The van der Waals surface area contributed by atoms with E-state index in [1.165, 1.54) is 27.9 Å². The molecule has 0 unspecified atom stereocenters. The molecule has 0 radical (unpaired) electrons. The van der Waals surface area contributed by atoms with E-state index in [1.54, 1.807) is 0 Å². The predicted molar refractivity (Wildman–Crippen MR) is 116 cm³/mol. The molecular formula is C25H24N2O3. The summed E-state index contributed by atoms with van der Waals surface area (Å²) in [6.45, 7) is 1.52. The summed E-state index contributed by atoms with van der Waals surface area (Å²) in [5, 5.41) is 23.5. The van der Waals surface area contributed by atoms with E-state index in [4.69, 9.17) is 0 Å². The van der Waals surface area contributed by atoms with Crippen molar-refractivity contribution in [2.75, 3.05) is 13.2 Å². The first-order valence-corrected chi connectivity index (χ1v) is 10.7. The molecule has 2 heterocycles. The lowest BCUT2D eigenvalue weighted by molar-refractivity contribution is 0.0966. The number of nitrogens with zero attached hydrogens (tertiary/aromatic N) is 1. The first-order valence-electron chi connectivity index (χ1n) is 10.7. The molecule has 0 spiro atoms. The Morgan fingerprint density at radius 3 is 2.77 bits per heavy atom. The van der Waals surface area contributed by atoms with Crippen LogP contribution in [0.2, 0.25) is 0 Å². The zero-order chi connectivity index (χ0) is 20.4.